The Bertz CT molecular complexity index is 1080. The van der Waals surface area contributed by atoms with Gasteiger partial charge in [0.25, 0.3) is 0 Å². The van der Waals surface area contributed by atoms with Crippen LogP contribution in [0.25, 0.3) is 11.4 Å². The van der Waals surface area contributed by atoms with E-state index in [-0.39, 0.29) is 24.7 Å². The number of aromatic nitrogens is 2. The molecule has 0 saturated heterocycles. The maximum absolute atomic E-state index is 12.6. The van der Waals surface area contributed by atoms with Crippen LogP contribution in [0.4, 0.5) is 0 Å². The number of nitrogens with zero attached hydrogens (tertiary/aromatic N) is 3. The quantitative estimate of drug-likeness (QED) is 0.585. The normalized spacial score (nSPS) is 13.6. The molecule has 29 heavy (non-hydrogen) atoms. The molecule has 0 radical (unpaired) electrons. The number of hydrogen-bond donors (Lipinski definition) is 0. The van der Waals surface area contributed by atoms with Crippen LogP contribution in [0.1, 0.15) is 18.4 Å². The van der Waals surface area contributed by atoms with Gasteiger partial charge in [-0.05, 0) is 30.7 Å². The molecule has 2 heterocycles. The fourth-order valence-corrected chi connectivity index (χ4v) is 4.01. The van der Waals surface area contributed by atoms with Crippen molar-refractivity contribution in [2.45, 2.75) is 20.0 Å². The molecule has 0 unspecified atom stereocenters. The average molecular weight is 415 g/mol. The summed E-state index contributed by atoms with van der Waals surface area (Å²) in [6, 6.07) is 14.8. The fraction of sp³-hybridized carbons (Fsp3) is 0.300. The average Bonchev–Trinajstić information content (AvgIpc) is 3.22. The van der Waals surface area contributed by atoms with Crippen molar-refractivity contribution in [3.63, 3.8) is 0 Å². The Morgan fingerprint density at radius 2 is 1.76 bits per heavy atom. The molecule has 0 aliphatic carbocycles. The summed E-state index contributed by atoms with van der Waals surface area (Å²) in [5.74, 6) is 1.88. The monoisotopic (exact) mass is 415 g/mol. The van der Waals surface area contributed by atoms with Crippen LogP contribution in [0.5, 0.6) is 11.5 Å². The molecule has 2 aromatic carbocycles. The minimum absolute atomic E-state index is 0.00260. The molecule has 0 fully saturated rings. The zero-order chi connectivity index (χ0) is 20.3. The number of benzene rings is 2. The van der Waals surface area contributed by atoms with E-state index in [0.29, 0.717) is 36.1 Å². The molecule has 0 atom stereocenters. The molecule has 4 rings (SSSR count). The number of hydrogen-bond acceptors (Lipinski definition) is 7. The summed E-state index contributed by atoms with van der Waals surface area (Å²) in [5.41, 5.74) is 1.59. The van der Waals surface area contributed by atoms with Gasteiger partial charge in [-0.1, -0.05) is 35.5 Å². The van der Waals surface area contributed by atoms with E-state index in [0.717, 1.165) is 5.56 Å². The maximum atomic E-state index is 12.6. The second-order valence-electron chi connectivity index (χ2n) is 6.52. The first-order valence-corrected chi connectivity index (χ1v) is 10.9. The van der Waals surface area contributed by atoms with Crippen molar-refractivity contribution in [3.8, 4) is 22.9 Å². The van der Waals surface area contributed by atoms with E-state index >= 15 is 0 Å². The van der Waals surface area contributed by atoms with Gasteiger partial charge in [-0.15, -0.1) is 0 Å². The number of rotatable bonds is 7. The topological polar surface area (TPSA) is 94.8 Å². The number of fused-ring (bicyclic) bond motifs is 1. The van der Waals surface area contributed by atoms with Crippen molar-refractivity contribution in [1.82, 2.24) is 14.4 Å². The van der Waals surface area contributed by atoms with Crippen LogP contribution >= 0.6 is 0 Å². The predicted molar refractivity (Wildman–Crippen MR) is 106 cm³/mol. The summed E-state index contributed by atoms with van der Waals surface area (Å²) >= 11 is 0. The summed E-state index contributed by atoms with van der Waals surface area (Å²) in [7, 11) is -3.46. The van der Waals surface area contributed by atoms with Gasteiger partial charge in [-0.2, -0.15) is 9.29 Å². The number of ether oxygens (including phenoxy) is 2. The van der Waals surface area contributed by atoms with Gasteiger partial charge >= 0.3 is 0 Å². The standard InChI is InChI=1S/C20H21N3O5S/c1-2-29(24,25)23(13-15-6-4-3-5-7-15)14-19-21-20(22-28-19)16-8-9-17-18(12-16)27-11-10-26-17/h3-9,12H,2,10-11,13-14H2,1H3. The molecule has 0 N–H and O–H groups in total. The van der Waals surface area contributed by atoms with Crippen LogP contribution in [0.2, 0.25) is 0 Å². The first-order chi connectivity index (χ1) is 14.0. The molecule has 0 bridgehead atoms. The molecule has 8 nitrogen and oxygen atoms in total. The third-order valence-electron chi connectivity index (χ3n) is 4.54. The molecule has 1 aliphatic rings. The molecular formula is C20H21N3O5S. The maximum Gasteiger partial charge on any atom is 0.242 e. The highest BCUT2D eigenvalue weighted by molar-refractivity contribution is 7.89. The Balaban J connectivity index is 1.56. The lowest BCUT2D eigenvalue weighted by Gasteiger charge is -2.19. The van der Waals surface area contributed by atoms with Gasteiger partial charge in [0.1, 0.15) is 13.2 Å². The van der Waals surface area contributed by atoms with Gasteiger partial charge in [0.05, 0.1) is 12.3 Å². The van der Waals surface area contributed by atoms with E-state index in [4.69, 9.17) is 14.0 Å². The smallest absolute Gasteiger partial charge is 0.242 e. The molecule has 0 amide bonds. The summed E-state index contributed by atoms with van der Waals surface area (Å²) < 4.78 is 42.9. The second kappa shape index (κ2) is 8.22. The number of sulfonamides is 1. The fourth-order valence-electron chi connectivity index (χ4n) is 2.99. The van der Waals surface area contributed by atoms with Crippen molar-refractivity contribution in [2.24, 2.45) is 0 Å². The highest BCUT2D eigenvalue weighted by Crippen LogP contribution is 2.33. The van der Waals surface area contributed by atoms with Gasteiger partial charge in [-0.25, -0.2) is 8.42 Å². The van der Waals surface area contributed by atoms with Crippen LogP contribution in [0, 0.1) is 0 Å². The van der Waals surface area contributed by atoms with Crippen molar-refractivity contribution in [1.29, 1.82) is 0 Å². The molecule has 0 saturated carbocycles. The van der Waals surface area contributed by atoms with Gasteiger partial charge in [0, 0.05) is 12.1 Å². The van der Waals surface area contributed by atoms with Gasteiger partial charge in [0.15, 0.2) is 11.5 Å². The molecule has 0 spiro atoms. The zero-order valence-electron chi connectivity index (χ0n) is 15.9. The van der Waals surface area contributed by atoms with Gasteiger partial charge < -0.3 is 14.0 Å². The zero-order valence-corrected chi connectivity index (χ0v) is 16.8. The van der Waals surface area contributed by atoms with E-state index in [1.54, 1.807) is 19.1 Å². The highest BCUT2D eigenvalue weighted by atomic mass is 32.2. The van der Waals surface area contributed by atoms with E-state index in [1.807, 2.05) is 36.4 Å². The summed E-state index contributed by atoms with van der Waals surface area (Å²) in [6.45, 7) is 2.85. The van der Waals surface area contributed by atoms with Crippen LogP contribution in [0.15, 0.2) is 53.1 Å². The van der Waals surface area contributed by atoms with Crippen LogP contribution in [-0.2, 0) is 23.1 Å². The Labute approximate surface area is 169 Å². The summed E-state index contributed by atoms with van der Waals surface area (Å²) in [6.07, 6.45) is 0. The SMILES string of the molecule is CCS(=O)(=O)N(Cc1ccccc1)Cc1nc(-c2ccc3c(c2)OCCO3)no1. The lowest BCUT2D eigenvalue weighted by atomic mass is 10.2. The Kier molecular flexibility index (Phi) is 5.50. The Morgan fingerprint density at radius 3 is 2.52 bits per heavy atom. The molecule has 9 heteroatoms. The van der Waals surface area contributed by atoms with Crippen LogP contribution in [0.3, 0.4) is 0 Å². The Morgan fingerprint density at radius 1 is 1.00 bits per heavy atom. The minimum Gasteiger partial charge on any atom is -0.486 e. The van der Waals surface area contributed by atoms with E-state index in [2.05, 4.69) is 10.1 Å². The van der Waals surface area contributed by atoms with Crippen molar-refractivity contribution in [3.05, 3.63) is 60.0 Å². The summed E-state index contributed by atoms with van der Waals surface area (Å²) in [4.78, 5) is 4.38. The van der Waals surface area contributed by atoms with E-state index in [1.165, 1.54) is 4.31 Å². The largest absolute Gasteiger partial charge is 0.486 e. The first-order valence-electron chi connectivity index (χ1n) is 9.29. The van der Waals surface area contributed by atoms with Crippen LogP contribution < -0.4 is 9.47 Å². The molecule has 1 aliphatic heterocycles. The van der Waals surface area contributed by atoms with Gasteiger partial charge in [-0.3, -0.25) is 0 Å². The van der Waals surface area contributed by atoms with E-state index < -0.39 is 10.0 Å². The Hall–Kier alpha value is -2.91. The molecule has 1 aromatic heterocycles. The highest BCUT2D eigenvalue weighted by Gasteiger charge is 2.24. The first kappa shape index (κ1) is 19.4. The molecular weight excluding hydrogens is 394 g/mol. The molecule has 152 valence electrons. The second-order valence-corrected chi connectivity index (χ2v) is 8.78. The van der Waals surface area contributed by atoms with Crippen LogP contribution in [-0.4, -0.2) is 41.8 Å². The summed E-state index contributed by atoms with van der Waals surface area (Å²) in [5, 5.41) is 4.00. The van der Waals surface area contributed by atoms with Crippen molar-refractivity contribution < 1.29 is 22.4 Å². The van der Waals surface area contributed by atoms with Crippen molar-refractivity contribution >= 4 is 10.0 Å². The minimum atomic E-state index is -3.46. The lowest BCUT2D eigenvalue weighted by Crippen LogP contribution is -2.31. The third-order valence-corrected chi connectivity index (χ3v) is 6.31. The predicted octanol–water partition coefficient (Wildman–Crippen LogP) is 2.86. The lowest BCUT2D eigenvalue weighted by molar-refractivity contribution is 0.171. The third kappa shape index (κ3) is 4.41. The van der Waals surface area contributed by atoms with Crippen molar-refractivity contribution in [2.75, 3.05) is 19.0 Å². The molecule has 3 aromatic rings. The van der Waals surface area contributed by atoms with Gasteiger partial charge in [0.2, 0.25) is 21.7 Å². The van der Waals surface area contributed by atoms with E-state index in [9.17, 15) is 8.42 Å².